The predicted octanol–water partition coefficient (Wildman–Crippen LogP) is 3.79. The number of ketones is 1. The van der Waals surface area contributed by atoms with Crippen molar-refractivity contribution in [1.29, 1.82) is 0 Å². The maximum absolute atomic E-state index is 11.5. The summed E-state index contributed by atoms with van der Waals surface area (Å²) in [5, 5.41) is 0.138. The van der Waals surface area contributed by atoms with Crippen molar-refractivity contribution >= 4 is 31.2 Å². The summed E-state index contributed by atoms with van der Waals surface area (Å²) in [4.78, 5) is 11.9. The molecule has 0 N–H and O–H groups in total. The number of hydrogen-bond donors (Lipinski definition) is 0. The first kappa shape index (κ1) is 14.3. The van der Waals surface area contributed by atoms with Gasteiger partial charge >= 0.3 is 0 Å². The number of allylic oxidation sites excluding steroid dienone is 3. The smallest absolute Gasteiger partial charge is 0.250 e. The summed E-state index contributed by atoms with van der Waals surface area (Å²) in [7, 11) is -1.86. The molecule has 0 aromatic rings. The summed E-state index contributed by atoms with van der Waals surface area (Å²) < 4.78 is 6.12. The highest BCUT2D eigenvalue weighted by Crippen LogP contribution is 2.38. The molecule has 0 amide bonds. The van der Waals surface area contributed by atoms with Gasteiger partial charge in [0.2, 0.25) is 8.32 Å². The molecule has 2 nitrogen and oxygen atoms in total. The minimum atomic E-state index is -1.86. The maximum Gasteiger partial charge on any atom is 0.250 e. The van der Waals surface area contributed by atoms with Gasteiger partial charge in [0.1, 0.15) is 5.76 Å². The van der Waals surface area contributed by atoms with E-state index in [1.165, 1.54) is 0 Å². The molecule has 0 saturated heterocycles. The lowest BCUT2D eigenvalue weighted by Crippen LogP contribution is -2.40. The van der Waals surface area contributed by atoms with Crippen molar-refractivity contribution in [3.63, 3.8) is 0 Å². The highest BCUT2D eigenvalue weighted by atomic mass is 32.1. The molecule has 1 rings (SSSR count). The number of carbonyl (C=O) groups is 1. The molecule has 0 bridgehead atoms. The Kier molecular flexibility index (Phi) is 3.79. The van der Waals surface area contributed by atoms with E-state index in [2.05, 4.69) is 33.9 Å². The molecule has 94 valence electrons. The second-order valence-corrected chi connectivity index (χ2v) is 11.1. The summed E-state index contributed by atoms with van der Waals surface area (Å²) in [5.74, 6) is 0.668. The van der Waals surface area contributed by atoms with Crippen molar-refractivity contribution in [2.75, 3.05) is 0 Å². The van der Waals surface area contributed by atoms with Crippen LogP contribution < -0.4 is 0 Å². The second kappa shape index (κ2) is 4.50. The van der Waals surface area contributed by atoms with Gasteiger partial charge in [0.05, 0.1) is 4.86 Å². The van der Waals surface area contributed by atoms with Crippen molar-refractivity contribution in [2.45, 2.75) is 45.8 Å². The standard InChI is InChI=1S/C13H20O2SSi/c1-9-7-10(8-11(16)12(9)14)15-17(5,6)13(2,3)4/h7-8H,1-6H3. The molecule has 1 aliphatic carbocycles. The molecule has 0 radical (unpaired) electrons. The van der Waals surface area contributed by atoms with Gasteiger partial charge in [-0.25, -0.2) is 0 Å². The van der Waals surface area contributed by atoms with Gasteiger partial charge in [-0.15, -0.1) is 0 Å². The fraction of sp³-hybridized carbons (Fsp3) is 0.538. The van der Waals surface area contributed by atoms with Gasteiger partial charge in [-0.05, 0) is 31.1 Å². The van der Waals surface area contributed by atoms with Gasteiger partial charge < -0.3 is 4.43 Å². The fourth-order valence-corrected chi connectivity index (χ4v) is 2.51. The molecule has 0 saturated carbocycles. The SMILES string of the molecule is CC1=CC(O[Si](C)(C)C(C)(C)C)=CC(=S)C1=O. The lowest BCUT2D eigenvalue weighted by atomic mass is 10.0. The van der Waals surface area contributed by atoms with Crippen LogP contribution in [0.5, 0.6) is 0 Å². The lowest BCUT2D eigenvalue weighted by Gasteiger charge is -2.37. The molecule has 0 atom stereocenters. The quantitative estimate of drug-likeness (QED) is 0.563. The molecule has 17 heavy (non-hydrogen) atoms. The van der Waals surface area contributed by atoms with Crippen molar-refractivity contribution in [2.24, 2.45) is 0 Å². The summed E-state index contributed by atoms with van der Waals surface area (Å²) in [6.45, 7) is 12.7. The van der Waals surface area contributed by atoms with Gasteiger partial charge in [0.25, 0.3) is 0 Å². The molecule has 0 aromatic carbocycles. The van der Waals surface area contributed by atoms with E-state index in [-0.39, 0.29) is 10.8 Å². The molecule has 0 aliphatic heterocycles. The molecule has 4 heteroatoms. The highest BCUT2D eigenvalue weighted by Gasteiger charge is 2.39. The minimum absolute atomic E-state index is 0.0671. The Morgan fingerprint density at radius 1 is 1.24 bits per heavy atom. The summed E-state index contributed by atoms with van der Waals surface area (Å²) in [6, 6.07) is 0. The fourth-order valence-electron chi connectivity index (χ4n) is 1.22. The van der Waals surface area contributed by atoms with E-state index in [1.807, 2.05) is 0 Å². The van der Waals surface area contributed by atoms with Crippen LogP contribution in [0.3, 0.4) is 0 Å². The first-order chi connectivity index (χ1) is 7.54. The highest BCUT2D eigenvalue weighted by molar-refractivity contribution is 7.82. The largest absolute Gasteiger partial charge is 0.543 e. The van der Waals surface area contributed by atoms with Crippen LogP contribution in [0.25, 0.3) is 0 Å². The Bertz CT molecular complexity index is 425. The summed E-state index contributed by atoms with van der Waals surface area (Å²) >= 11 is 5.03. The third-order valence-electron chi connectivity index (χ3n) is 3.39. The second-order valence-electron chi connectivity index (χ2n) is 5.93. The first-order valence-electron chi connectivity index (χ1n) is 5.72. The zero-order valence-electron chi connectivity index (χ0n) is 11.4. The van der Waals surface area contributed by atoms with Gasteiger partial charge in [-0.1, -0.05) is 33.0 Å². The van der Waals surface area contributed by atoms with Crippen LogP contribution >= 0.6 is 12.2 Å². The van der Waals surface area contributed by atoms with E-state index in [9.17, 15) is 4.79 Å². The van der Waals surface area contributed by atoms with Crippen LogP contribution in [-0.2, 0) is 9.22 Å². The number of thiocarbonyl (C=S) groups is 1. The Balaban J connectivity index is 2.96. The van der Waals surface area contributed by atoms with Crippen molar-refractivity contribution in [3.05, 3.63) is 23.5 Å². The lowest BCUT2D eigenvalue weighted by molar-refractivity contribution is -0.109. The zero-order valence-corrected chi connectivity index (χ0v) is 13.2. The van der Waals surface area contributed by atoms with Crippen LogP contribution in [0.2, 0.25) is 18.1 Å². The Morgan fingerprint density at radius 2 is 1.76 bits per heavy atom. The van der Waals surface area contributed by atoms with Crippen LogP contribution in [0.15, 0.2) is 23.5 Å². The molecule has 0 heterocycles. The van der Waals surface area contributed by atoms with Crippen LogP contribution in [-0.4, -0.2) is 19.0 Å². The molecule has 0 unspecified atom stereocenters. The van der Waals surface area contributed by atoms with Crippen molar-refractivity contribution < 1.29 is 9.22 Å². The molecule has 1 aliphatic rings. The van der Waals surface area contributed by atoms with Gasteiger partial charge in [-0.3, -0.25) is 4.79 Å². The molecule has 0 fully saturated rings. The molecule has 0 aromatic heterocycles. The van der Waals surface area contributed by atoms with E-state index >= 15 is 0 Å². The monoisotopic (exact) mass is 268 g/mol. The predicted molar refractivity (Wildman–Crippen MR) is 77.7 cm³/mol. The van der Waals surface area contributed by atoms with E-state index in [1.54, 1.807) is 19.1 Å². The number of carbonyl (C=O) groups excluding carboxylic acids is 1. The topological polar surface area (TPSA) is 26.3 Å². The third-order valence-corrected chi connectivity index (χ3v) is 8.05. The molecular weight excluding hydrogens is 248 g/mol. The Hall–Kier alpha value is -0.743. The van der Waals surface area contributed by atoms with Crippen molar-refractivity contribution in [1.82, 2.24) is 0 Å². The van der Waals surface area contributed by atoms with Crippen LogP contribution in [0.4, 0.5) is 0 Å². The van der Waals surface area contributed by atoms with Gasteiger partial charge in [0, 0.05) is 11.6 Å². The maximum atomic E-state index is 11.5. The normalized spacial score (nSPS) is 17.8. The Labute approximate surface area is 110 Å². The van der Waals surface area contributed by atoms with E-state index in [0.717, 1.165) is 5.76 Å². The minimum Gasteiger partial charge on any atom is -0.543 e. The van der Waals surface area contributed by atoms with Crippen LogP contribution in [0, 0.1) is 0 Å². The number of Topliss-reactive ketones (excluding diaryl/α,β-unsaturated/α-hetero) is 1. The average Bonchev–Trinajstić information content (AvgIpc) is 2.11. The van der Waals surface area contributed by atoms with Gasteiger partial charge in [-0.2, -0.15) is 0 Å². The van der Waals surface area contributed by atoms with E-state index in [4.69, 9.17) is 16.6 Å². The van der Waals surface area contributed by atoms with Crippen molar-refractivity contribution in [3.8, 4) is 0 Å². The average molecular weight is 268 g/mol. The number of rotatable bonds is 2. The van der Waals surface area contributed by atoms with Crippen LogP contribution in [0.1, 0.15) is 27.7 Å². The zero-order chi connectivity index (χ0) is 13.4. The first-order valence-corrected chi connectivity index (χ1v) is 9.04. The third kappa shape index (κ3) is 3.13. The molecular formula is C13H20O2SSi. The van der Waals surface area contributed by atoms with E-state index in [0.29, 0.717) is 10.4 Å². The number of hydrogen-bond acceptors (Lipinski definition) is 3. The Morgan fingerprint density at radius 3 is 2.18 bits per heavy atom. The summed E-state index contributed by atoms with van der Waals surface area (Å²) in [6.07, 6.45) is 3.46. The summed E-state index contributed by atoms with van der Waals surface area (Å²) in [5.41, 5.74) is 0.659. The molecule has 0 spiro atoms. The van der Waals surface area contributed by atoms with E-state index < -0.39 is 8.32 Å². The van der Waals surface area contributed by atoms with Gasteiger partial charge in [0.15, 0.2) is 5.78 Å².